The number of piperidine rings is 1. The molecule has 0 radical (unpaired) electrons. The molecule has 0 saturated carbocycles. The van der Waals surface area contributed by atoms with Gasteiger partial charge in [0.2, 0.25) is 0 Å². The fraction of sp³-hybridized carbons (Fsp3) is 0.292. The molecular weight excluding hydrogens is 367 g/mol. The Morgan fingerprint density at radius 3 is 2.52 bits per heavy atom. The van der Waals surface area contributed by atoms with Gasteiger partial charge in [-0.3, -0.25) is 4.79 Å². The lowest BCUT2D eigenvalue weighted by atomic mass is 9.63. The van der Waals surface area contributed by atoms with E-state index in [-0.39, 0.29) is 23.2 Å². The number of rotatable bonds is 3. The molecule has 3 aromatic rings. The normalized spacial score (nSPS) is 20.5. The van der Waals surface area contributed by atoms with Crippen molar-refractivity contribution in [1.29, 1.82) is 0 Å². The second-order valence-corrected chi connectivity index (χ2v) is 8.09. The molecule has 29 heavy (non-hydrogen) atoms. The van der Waals surface area contributed by atoms with Crippen molar-refractivity contribution < 1.29 is 13.6 Å². The maximum Gasteiger partial charge on any atom is 0.257 e. The molecule has 0 N–H and O–H groups in total. The number of benzene rings is 2. The summed E-state index contributed by atoms with van der Waals surface area (Å²) in [7, 11) is 0. The van der Waals surface area contributed by atoms with Crippen LogP contribution in [-0.4, -0.2) is 30.4 Å². The number of hydrogen-bond donors (Lipinski definition) is 0. The zero-order valence-electron chi connectivity index (χ0n) is 16.1. The van der Waals surface area contributed by atoms with Crippen molar-refractivity contribution in [2.45, 2.75) is 18.9 Å². The van der Waals surface area contributed by atoms with Crippen molar-refractivity contribution in [3.63, 3.8) is 0 Å². The molecule has 2 fully saturated rings. The monoisotopic (exact) mass is 390 g/mol. The third-order valence-electron chi connectivity index (χ3n) is 6.45. The minimum Gasteiger partial charge on any atom is -0.472 e. The highest BCUT2D eigenvalue weighted by molar-refractivity contribution is 5.93. The number of carbonyl (C=O) groups is 1. The van der Waals surface area contributed by atoms with Gasteiger partial charge in [0, 0.05) is 30.7 Å². The standard InChI is InChI=1S/C24H23FN2O2/c25-20-7-4-8-21(15-20)27-17-24(22(27)18-5-2-1-3-6-18)10-12-26(13-11-24)23(28)19-9-14-29-16-19/h1-9,14-16,22H,10-13,17H2/t22-/m1/s1. The van der Waals surface area contributed by atoms with E-state index >= 15 is 0 Å². The molecule has 5 heteroatoms. The number of anilines is 1. The molecular formula is C24H23FN2O2. The predicted molar refractivity (Wildman–Crippen MR) is 109 cm³/mol. The van der Waals surface area contributed by atoms with Crippen LogP contribution < -0.4 is 4.90 Å². The molecule has 1 amide bonds. The van der Waals surface area contributed by atoms with Crippen LogP contribution in [0.25, 0.3) is 0 Å². The maximum absolute atomic E-state index is 13.8. The first-order valence-electron chi connectivity index (χ1n) is 10.0. The quantitative estimate of drug-likeness (QED) is 0.638. The number of amides is 1. The smallest absolute Gasteiger partial charge is 0.257 e. The van der Waals surface area contributed by atoms with Gasteiger partial charge in [0.1, 0.15) is 12.1 Å². The number of furan rings is 1. The van der Waals surface area contributed by atoms with E-state index in [9.17, 15) is 9.18 Å². The lowest BCUT2D eigenvalue weighted by molar-refractivity contribution is 0.0270. The van der Waals surface area contributed by atoms with Crippen molar-refractivity contribution in [3.8, 4) is 0 Å². The summed E-state index contributed by atoms with van der Waals surface area (Å²) in [4.78, 5) is 16.9. The Hall–Kier alpha value is -3.08. The van der Waals surface area contributed by atoms with Crippen molar-refractivity contribution in [1.82, 2.24) is 4.90 Å². The van der Waals surface area contributed by atoms with Gasteiger partial charge in [-0.05, 0) is 42.7 Å². The number of carbonyl (C=O) groups excluding carboxylic acids is 1. The Morgan fingerprint density at radius 2 is 1.83 bits per heavy atom. The fourth-order valence-corrected chi connectivity index (χ4v) is 4.95. The van der Waals surface area contributed by atoms with Crippen molar-refractivity contribution in [2.75, 3.05) is 24.5 Å². The zero-order valence-corrected chi connectivity index (χ0v) is 16.1. The van der Waals surface area contributed by atoms with Crippen LogP contribution in [0.5, 0.6) is 0 Å². The van der Waals surface area contributed by atoms with E-state index < -0.39 is 0 Å². The Bertz CT molecular complexity index is 995. The SMILES string of the molecule is O=C(c1ccoc1)N1CCC2(CC1)CN(c1cccc(F)c1)[C@@H]2c1ccccc1. The Morgan fingerprint density at radius 1 is 1.03 bits per heavy atom. The molecule has 1 spiro atoms. The van der Waals surface area contributed by atoms with Gasteiger partial charge in [0.25, 0.3) is 5.91 Å². The van der Waals surface area contributed by atoms with Gasteiger partial charge in [0.15, 0.2) is 0 Å². The molecule has 0 unspecified atom stereocenters. The minimum atomic E-state index is -0.212. The Labute approximate surface area is 169 Å². The van der Waals surface area contributed by atoms with Crippen LogP contribution in [0.3, 0.4) is 0 Å². The molecule has 1 aromatic heterocycles. The summed E-state index contributed by atoms with van der Waals surface area (Å²) >= 11 is 0. The summed E-state index contributed by atoms with van der Waals surface area (Å²) in [6.45, 7) is 2.33. The molecule has 5 rings (SSSR count). The van der Waals surface area contributed by atoms with E-state index in [1.807, 2.05) is 17.0 Å². The van der Waals surface area contributed by atoms with Gasteiger partial charge in [-0.15, -0.1) is 0 Å². The summed E-state index contributed by atoms with van der Waals surface area (Å²) < 4.78 is 18.9. The predicted octanol–water partition coefficient (Wildman–Crippen LogP) is 4.90. The highest BCUT2D eigenvalue weighted by Crippen LogP contribution is 2.56. The highest BCUT2D eigenvalue weighted by Gasteiger charge is 2.54. The maximum atomic E-state index is 13.8. The lowest BCUT2D eigenvalue weighted by Gasteiger charge is -2.61. The second kappa shape index (κ2) is 7.07. The summed E-state index contributed by atoms with van der Waals surface area (Å²) in [6, 6.07) is 19.2. The lowest BCUT2D eigenvalue weighted by Crippen LogP contribution is -2.62. The van der Waals surface area contributed by atoms with Crippen LogP contribution in [0.4, 0.5) is 10.1 Å². The van der Waals surface area contributed by atoms with Crippen LogP contribution in [0.2, 0.25) is 0 Å². The number of hydrogen-bond acceptors (Lipinski definition) is 3. The fourth-order valence-electron chi connectivity index (χ4n) is 4.95. The van der Waals surface area contributed by atoms with Crippen molar-refractivity contribution in [3.05, 3.63) is 90.1 Å². The highest BCUT2D eigenvalue weighted by atomic mass is 19.1. The second-order valence-electron chi connectivity index (χ2n) is 8.09. The molecule has 2 aliphatic heterocycles. The average Bonchev–Trinajstić information content (AvgIpc) is 3.28. The van der Waals surface area contributed by atoms with Crippen molar-refractivity contribution >= 4 is 11.6 Å². The van der Waals surface area contributed by atoms with E-state index in [0.717, 1.165) is 38.2 Å². The number of halogens is 1. The zero-order chi connectivity index (χ0) is 19.8. The topological polar surface area (TPSA) is 36.7 Å². The van der Waals surface area contributed by atoms with Crippen LogP contribution in [-0.2, 0) is 0 Å². The van der Waals surface area contributed by atoms with Crippen LogP contribution in [0.1, 0.15) is 34.8 Å². The molecule has 2 aromatic carbocycles. The van der Waals surface area contributed by atoms with E-state index in [1.54, 1.807) is 18.2 Å². The molecule has 4 nitrogen and oxygen atoms in total. The summed E-state index contributed by atoms with van der Waals surface area (Å²) in [5, 5.41) is 0. The Kier molecular flexibility index (Phi) is 4.38. The number of likely N-dealkylation sites (tertiary alicyclic amines) is 1. The van der Waals surface area contributed by atoms with E-state index in [2.05, 4.69) is 29.2 Å². The van der Waals surface area contributed by atoms with Gasteiger partial charge in [-0.1, -0.05) is 36.4 Å². The summed E-state index contributed by atoms with van der Waals surface area (Å²) in [5.74, 6) is -0.179. The van der Waals surface area contributed by atoms with Crippen LogP contribution in [0.15, 0.2) is 77.6 Å². The summed E-state index contributed by atoms with van der Waals surface area (Å²) in [5.41, 5.74) is 2.87. The van der Waals surface area contributed by atoms with E-state index in [1.165, 1.54) is 24.2 Å². The minimum absolute atomic E-state index is 0.0335. The van der Waals surface area contributed by atoms with E-state index in [4.69, 9.17) is 4.42 Å². The average molecular weight is 390 g/mol. The summed E-state index contributed by atoms with van der Waals surface area (Å²) in [6.07, 6.45) is 4.91. The molecule has 148 valence electrons. The van der Waals surface area contributed by atoms with E-state index in [0.29, 0.717) is 5.56 Å². The first-order chi connectivity index (χ1) is 14.2. The molecule has 0 bridgehead atoms. The van der Waals surface area contributed by atoms with Gasteiger partial charge < -0.3 is 14.2 Å². The van der Waals surface area contributed by atoms with Crippen LogP contribution >= 0.6 is 0 Å². The van der Waals surface area contributed by atoms with Gasteiger partial charge >= 0.3 is 0 Å². The largest absolute Gasteiger partial charge is 0.472 e. The molecule has 2 saturated heterocycles. The Balaban J connectivity index is 1.39. The molecule has 2 aliphatic rings. The van der Waals surface area contributed by atoms with Gasteiger partial charge in [-0.25, -0.2) is 4.39 Å². The number of nitrogens with zero attached hydrogens (tertiary/aromatic N) is 2. The van der Waals surface area contributed by atoms with Crippen molar-refractivity contribution in [2.24, 2.45) is 5.41 Å². The first kappa shape index (κ1) is 18.0. The molecule has 0 aliphatic carbocycles. The molecule has 1 atom stereocenters. The third-order valence-corrected chi connectivity index (χ3v) is 6.45. The first-order valence-corrected chi connectivity index (χ1v) is 10.0. The third kappa shape index (κ3) is 3.11. The van der Waals surface area contributed by atoms with Crippen LogP contribution in [0, 0.1) is 11.2 Å². The van der Waals surface area contributed by atoms with Gasteiger partial charge in [-0.2, -0.15) is 0 Å². The van der Waals surface area contributed by atoms with Gasteiger partial charge in [0.05, 0.1) is 17.9 Å². The molecule has 3 heterocycles.